The molecule has 2 aromatic carbocycles. The molecule has 0 N–H and O–H groups in total. The van der Waals surface area contributed by atoms with Crippen molar-refractivity contribution in [1.29, 1.82) is 0 Å². The van der Waals surface area contributed by atoms with E-state index >= 15 is 0 Å². The predicted molar refractivity (Wildman–Crippen MR) is 88.0 cm³/mol. The zero-order valence-corrected chi connectivity index (χ0v) is 13.8. The molecule has 1 unspecified atom stereocenters. The Labute approximate surface area is 131 Å². The van der Waals surface area contributed by atoms with Gasteiger partial charge in [0.25, 0.3) is 10.0 Å². The molecule has 0 aliphatic heterocycles. The minimum atomic E-state index is -3.79. The molecular weight excluding hydrogens is 318 g/mol. The highest BCUT2D eigenvalue weighted by Gasteiger charge is 2.24. The van der Waals surface area contributed by atoms with Crippen LogP contribution in [0.15, 0.2) is 64.5 Å². The van der Waals surface area contributed by atoms with Crippen molar-refractivity contribution in [3.05, 3.63) is 60.2 Å². The number of benzene rings is 2. The Morgan fingerprint density at radius 3 is 2.32 bits per heavy atom. The van der Waals surface area contributed by atoms with Gasteiger partial charge in [0, 0.05) is 11.6 Å². The Balaban J connectivity index is 2.41. The van der Waals surface area contributed by atoms with E-state index in [1.807, 2.05) is 19.1 Å². The largest absolute Gasteiger partial charge is 0.269 e. The third-order valence-corrected chi connectivity index (χ3v) is 6.21. The minimum absolute atomic E-state index is 0.181. The van der Waals surface area contributed by atoms with Crippen LogP contribution in [-0.4, -0.2) is 22.9 Å². The lowest BCUT2D eigenvalue weighted by Crippen LogP contribution is -2.16. The van der Waals surface area contributed by atoms with Gasteiger partial charge >= 0.3 is 0 Å². The lowest BCUT2D eigenvalue weighted by atomic mass is 10.2. The number of aromatic nitrogens is 1. The van der Waals surface area contributed by atoms with E-state index in [0.29, 0.717) is 5.52 Å². The van der Waals surface area contributed by atoms with Gasteiger partial charge in [-0.05, 0) is 36.8 Å². The topological polar surface area (TPSA) is 56.1 Å². The Bertz CT molecular complexity index is 973. The molecule has 22 heavy (non-hydrogen) atoms. The summed E-state index contributed by atoms with van der Waals surface area (Å²) in [5, 5.41) is 1.04. The van der Waals surface area contributed by atoms with E-state index in [-0.39, 0.29) is 9.92 Å². The lowest BCUT2D eigenvalue weighted by Gasteiger charge is -2.10. The lowest BCUT2D eigenvalue weighted by molar-refractivity contribution is 0.584. The maximum Gasteiger partial charge on any atom is 0.269 e. The van der Waals surface area contributed by atoms with Crippen molar-refractivity contribution in [2.75, 3.05) is 6.26 Å². The van der Waals surface area contributed by atoms with E-state index in [2.05, 4.69) is 0 Å². The molecule has 4 nitrogen and oxygen atoms in total. The van der Waals surface area contributed by atoms with E-state index in [4.69, 9.17) is 0 Å². The van der Waals surface area contributed by atoms with Gasteiger partial charge in [0.05, 0.1) is 21.2 Å². The summed E-state index contributed by atoms with van der Waals surface area (Å²) in [5.74, 6) is 0. The normalized spacial score (nSPS) is 13.4. The number of aryl methyl sites for hydroxylation is 1. The summed E-state index contributed by atoms with van der Waals surface area (Å²) in [6, 6.07) is 15.4. The molecule has 6 heteroatoms. The molecule has 0 saturated carbocycles. The zero-order chi connectivity index (χ0) is 15.9. The first kappa shape index (κ1) is 15.0. The molecule has 114 valence electrons. The number of hydrogen-bond acceptors (Lipinski definition) is 3. The van der Waals surface area contributed by atoms with Crippen molar-refractivity contribution < 1.29 is 12.6 Å². The Morgan fingerprint density at radius 1 is 1.00 bits per heavy atom. The molecule has 1 heterocycles. The second-order valence-corrected chi connectivity index (χ2v) is 8.19. The molecular formula is C16H15NO3S2. The molecule has 0 aliphatic carbocycles. The average molecular weight is 333 g/mol. The highest BCUT2D eigenvalue weighted by atomic mass is 32.2. The standard InChI is InChI=1S/C16H15NO3S2/c1-12-8-9-13-11-16(21(2)18)17(15(13)10-12)22(19,20)14-6-4-3-5-7-14/h3-11H,1-2H3. The minimum Gasteiger partial charge on any atom is -0.253 e. The summed E-state index contributed by atoms with van der Waals surface area (Å²) in [6.07, 6.45) is 1.48. The summed E-state index contributed by atoms with van der Waals surface area (Å²) in [7, 11) is -5.21. The number of hydrogen-bond donors (Lipinski definition) is 0. The molecule has 0 saturated heterocycles. The third kappa shape index (κ3) is 2.38. The smallest absolute Gasteiger partial charge is 0.253 e. The van der Waals surface area contributed by atoms with Gasteiger partial charge in [-0.1, -0.05) is 30.3 Å². The first-order valence-corrected chi connectivity index (χ1v) is 9.67. The molecule has 0 amide bonds. The van der Waals surface area contributed by atoms with E-state index in [1.54, 1.807) is 42.5 Å². The molecule has 0 aliphatic rings. The van der Waals surface area contributed by atoms with Gasteiger partial charge in [-0.15, -0.1) is 0 Å². The fraction of sp³-hybridized carbons (Fsp3) is 0.125. The van der Waals surface area contributed by atoms with Crippen molar-refractivity contribution >= 4 is 31.7 Å². The second-order valence-electron chi connectivity index (χ2n) is 5.08. The van der Waals surface area contributed by atoms with E-state index in [0.717, 1.165) is 10.9 Å². The molecule has 0 bridgehead atoms. The van der Waals surface area contributed by atoms with Gasteiger partial charge < -0.3 is 0 Å². The predicted octanol–water partition coefficient (Wildman–Crippen LogP) is 2.92. The van der Waals surface area contributed by atoms with Gasteiger partial charge in [-0.3, -0.25) is 4.21 Å². The van der Waals surface area contributed by atoms with Crippen LogP contribution < -0.4 is 0 Å². The molecule has 3 rings (SSSR count). The fourth-order valence-corrected chi connectivity index (χ4v) is 5.06. The zero-order valence-electron chi connectivity index (χ0n) is 12.2. The summed E-state index contributed by atoms with van der Waals surface area (Å²) < 4.78 is 39.2. The van der Waals surface area contributed by atoms with Gasteiger partial charge in [-0.2, -0.15) is 0 Å². The van der Waals surface area contributed by atoms with Crippen LogP contribution in [0.25, 0.3) is 10.9 Å². The van der Waals surface area contributed by atoms with Gasteiger partial charge in [0.15, 0.2) is 0 Å². The van der Waals surface area contributed by atoms with Crippen LogP contribution >= 0.6 is 0 Å². The summed E-state index contributed by atoms with van der Waals surface area (Å²) in [5.41, 5.74) is 1.50. The van der Waals surface area contributed by atoms with Crippen LogP contribution in [0.1, 0.15) is 5.56 Å². The first-order valence-electron chi connectivity index (χ1n) is 6.67. The summed E-state index contributed by atoms with van der Waals surface area (Å²) in [6.45, 7) is 1.90. The first-order chi connectivity index (χ1) is 10.4. The molecule has 3 aromatic rings. The third-order valence-electron chi connectivity index (χ3n) is 3.46. The Kier molecular flexibility index (Phi) is 3.66. The van der Waals surface area contributed by atoms with Crippen LogP contribution in [-0.2, 0) is 20.8 Å². The van der Waals surface area contributed by atoms with E-state index < -0.39 is 20.8 Å². The van der Waals surface area contributed by atoms with Gasteiger partial charge in [0.2, 0.25) is 0 Å². The molecule has 0 spiro atoms. The Morgan fingerprint density at radius 2 is 1.68 bits per heavy atom. The molecule has 0 fully saturated rings. The van der Waals surface area contributed by atoms with Crippen molar-refractivity contribution in [3.63, 3.8) is 0 Å². The van der Waals surface area contributed by atoms with Crippen molar-refractivity contribution in [3.8, 4) is 0 Å². The number of rotatable bonds is 3. The SMILES string of the molecule is Cc1ccc2cc(S(C)=O)n(S(=O)(=O)c3ccccc3)c2c1. The van der Waals surface area contributed by atoms with Crippen LogP contribution in [0.2, 0.25) is 0 Å². The van der Waals surface area contributed by atoms with Crippen molar-refractivity contribution in [2.24, 2.45) is 0 Å². The van der Waals surface area contributed by atoms with E-state index in [9.17, 15) is 12.6 Å². The quantitative estimate of drug-likeness (QED) is 0.740. The van der Waals surface area contributed by atoms with Crippen molar-refractivity contribution in [2.45, 2.75) is 16.8 Å². The van der Waals surface area contributed by atoms with Gasteiger partial charge in [0.1, 0.15) is 5.03 Å². The maximum atomic E-state index is 13.0. The van der Waals surface area contributed by atoms with Crippen LogP contribution in [0, 0.1) is 6.92 Å². The molecule has 1 atom stereocenters. The number of fused-ring (bicyclic) bond motifs is 1. The summed E-state index contributed by atoms with van der Waals surface area (Å²) in [4.78, 5) is 0.181. The van der Waals surface area contributed by atoms with E-state index in [1.165, 1.54) is 10.2 Å². The fourth-order valence-electron chi connectivity index (χ4n) is 2.41. The van der Waals surface area contributed by atoms with Crippen molar-refractivity contribution in [1.82, 2.24) is 3.97 Å². The Hall–Kier alpha value is -1.92. The van der Waals surface area contributed by atoms with Crippen LogP contribution in [0.3, 0.4) is 0 Å². The number of nitrogens with zero attached hydrogens (tertiary/aromatic N) is 1. The monoisotopic (exact) mass is 333 g/mol. The van der Waals surface area contributed by atoms with Crippen LogP contribution in [0.4, 0.5) is 0 Å². The molecule has 0 radical (unpaired) electrons. The van der Waals surface area contributed by atoms with Crippen LogP contribution in [0.5, 0.6) is 0 Å². The highest BCUT2D eigenvalue weighted by Crippen LogP contribution is 2.28. The summed E-state index contributed by atoms with van der Waals surface area (Å²) >= 11 is 0. The average Bonchev–Trinajstić information content (AvgIpc) is 2.87. The second kappa shape index (κ2) is 5.37. The highest BCUT2D eigenvalue weighted by molar-refractivity contribution is 7.91. The maximum absolute atomic E-state index is 13.0. The molecule has 1 aromatic heterocycles. The van der Waals surface area contributed by atoms with Gasteiger partial charge in [-0.25, -0.2) is 12.4 Å².